The molecule has 0 saturated heterocycles. The fourth-order valence-electron chi connectivity index (χ4n) is 10.9. The maximum Gasteiger partial charge on any atom is 1.00 e. The van der Waals surface area contributed by atoms with Crippen LogP contribution in [0.4, 0.5) is 23.0 Å². The maximum atomic E-state index is 13.4. The number of fused-ring (bicyclic) bond motifs is 3. The molecule has 0 bridgehead atoms. The van der Waals surface area contributed by atoms with Gasteiger partial charge in [0.05, 0.1) is 50.7 Å². The molecule has 0 saturated carbocycles. The fourth-order valence-corrected chi connectivity index (χ4v) is 12.0. The molecule has 1 atom stereocenters. The van der Waals surface area contributed by atoms with E-state index in [1.807, 2.05) is 36.4 Å². The van der Waals surface area contributed by atoms with Crippen molar-refractivity contribution in [3.63, 3.8) is 0 Å². The number of nitrogen functional groups attached to an aromatic ring is 1. The van der Waals surface area contributed by atoms with Gasteiger partial charge in [0, 0.05) is 52.9 Å². The predicted octanol–water partition coefficient (Wildman–Crippen LogP) is 0.315. The number of hydrogen-bond donors (Lipinski definition) is 4. The number of carboxylic acid groups (broad SMARTS) is 1. The van der Waals surface area contributed by atoms with E-state index in [4.69, 9.17) is 10.5 Å². The van der Waals surface area contributed by atoms with Gasteiger partial charge in [0.25, 0.3) is 11.5 Å². The second-order valence-electron chi connectivity index (χ2n) is 21.8. The number of unbranched alkanes of at least 4 members (excludes halogenated alkanes) is 2. The minimum atomic E-state index is -4.37. The van der Waals surface area contributed by atoms with Gasteiger partial charge in [-0.3, -0.25) is 14.6 Å². The molecule has 0 radical (unpaired) electrons. The van der Waals surface area contributed by atoms with Crippen molar-refractivity contribution >= 4 is 72.0 Å². The fraction of sp³-hybridized carbons (Fsp3) is 0.328. The molecular formula is C61H63N9Na2O11S2-2. The summed E-state index contributed by atoms with van der Waals surface area (Å²) < 4.78 is 78.1. The Morgan fingerprint density at radius 1 is 0.859 bits per heavy atom. The summed E-state index contributed by atoms with van der Waals surface area (Å²) in [6.45, 7) is 9.63. The van der Waals surface area contributed by atoms with Gasteiger partial charge in [-0.1, -0.05) is 57.2 Å². The average Bonchev–Trinajstić information content (AvgIpc) is 1.89. The van der Waals surface area contributed by atoms with E-state index in [1.165, 1.54) is 18.3 Å². The van der Waals surface area contributed by atoms with Crippen LogP contribution in [0.1, 0.15) is 105 Å². The summed E-state index contributed by atoms with van der Waals surface area (Å²) in [6.07, 6.45) is 13.1. The third-order valence-corrected chi connectivity index (χ3v) is 16.7. The number of benzene rings is 4. The molecular weight excluding hydrogens is 1140 g/mol. The van der Waals surface area contributed by atoms with Gasteiger partial charge in [0.15, 0.2) is 16.9 Å². The molecule has 20 nitrogen and oxygen atoms in total. The maximum absolute atomic E-state index is 13.4. The van der Waals surface area contributed by atoms with Crippen LogP contribution < -0.4 is 95.8 Å². The number of carbonyl (C=O) groups is 2. The van der Waals surface area contributed by atoms with Crippen molar-refractivity contribution in [1.82, 2.24) is 25.3 Å². The molecule has 434 valence electrons. The molecule has 4 aromatic carbocycles. The number of nitrogens with one attached hydrogen (secondary N) is 3. The first-order chi connectivity index (χ1) is 39.4. The Balaban J connectivity index is 0.00000518. The summed E-state index contributed by atoms with van der Waals surface area (Å²) in [7, 11) is -8.75. The molecule has 2 aliphatic heterocycles. The molecule has 3 aliphatic rings. The Hall–Kier alpha value is -6.31. The first-order valence-corrected chi connectivity index (χ1v) is 30.4. The summed E-state index contributed by atoms with van der Waals surface area (Å²) in [5.74, 6) is -2.00. The number of amides is 1. The van der Waals surface area contributed by atoms with Crippen molar-refractivity contribution in [1.29, 1.82) is 0 Å². The summed E-state index contributed by atoms with van der Waals surface area (Å²) in [5, 5.41) is 18.3. The molecule has 1 aliphatic carbocycles. The third kappa shape index (κ3) is 16.2. The number of aromatic amines is 1. The van der Waals surface area contributed by atoms with Gasteiger partial charge in [-0.2, -0.15) is 41.4 Å². The SMILES string of the molecule is CC1(C)C(/C=C/C2=C(Oc3ccc(C[C@H](NC(=O)c4ccc(NCc5cnc6nc(N)[nH]c(=O)c6n5)cc4)C(=O)[O-])cc3)C(=C/C=C3/N(CCCCS(=O)(=O)[O-])c4cc[c-]cc4C3(C)C)/CCC2)=[N+](CCCCS(=O)(=O)[O-])c2cc[c-]cc21.[Na+].[Na+]. The molecule has 0 fully saturated rings. The van der Waals surface area contributed by atoms with E-state index in [9.17, 15) is 45.4 Å². The predicted molar refractivity (Wildman–Crippen MR) is 311 cm³/mol. The van der Waals surface area contributed by atoms with Gasteiger partial charge in [0.1, 0.15) is 23.7 Å². The zero-order valence-electron chi connectivity index (χ0n) is 48.4. The Kier molecular flexibility index (Phi) is 21.8. The standard InChI is InChI=1S/C61H66N9O11S2.2Na/c1-60(2)46-16-5-7-18-49(46)69(32-9-11-34-82(75,76)77)51(60)30-24-40-14-13-15-41(25-31-52-61(3,4)47-17-6-8-19-50(47)70(52)33-10-12-35-83(78,79)80)54(40)81-45-28-20-39(21-29-45)36-48(58(73)74)66-56(71)42-22-26-43(27-23-42)63-37-44-38-64-55-53(65-44)57(72)68-59(62)67-55;;/h7-8,16-31,38,48,63H,9-15,32-37H2,1-4H3,(H,66,71)(H,73,74)(H,75,76,77)(H,78,79,80)(H3,62,64,67,68,72);;/q-1;2*+1/p-3/t48-;;/m0../s1. The van der Waals surface area contributed by atoms with Crippen LogP contribution in [-0.4, -0.2) is 98.7 Å². The first-order valence-electron chi connectivity index (χ1n) is 27.2. The topological polar surface area (TPSA) is 309 Å². The average molecular weight is 1210 g/mol. The van der Waals surface area contributed by atoms with Crippen molar-refractivity contribution in [3.8, 4) is 5.75 Å². The smallest absolute Gasteiger partial charge is 0.748 e. The number of H-pyrrole nitrogens is 1. The number of allylic oxidation sites excluding steroid dienone is 7. The second-order valence-corrected chi connectivity index (χ2v) is 24.8. The molecule has 1 amide bonds. The monoisotopic (exact) mass is 1210 g/mol. The number of carboxylic acids is 1. The van der Waals surface area contributed by atoms with Gasteiger partial charge in [-0.25, -0.2) is 31.4 Å². The summed E-state index contributed by atoms with van der Waals surface area (Å²) in [4.78, 5) is 55.3. The summed E-state index contributed by atoms with van der Waals surface area (Å²) >= 11 is 0. The Morgan fingerprint density at radius 2 is 1.54 bits per heavy atom. The Morgan fingerprint density at radius 3 is 2.24 bits per heavy atom. The molecule has 9 rings (SSSR count). The Bertz CT molecular complexity index is 3940. The molecule has 4 heterocycles. The zero-order valence-corrected chi connectivity index (χ0v) is 54.0. The molecule has 2 aromatic heterocycles. The van der Waals surface area contributed by atoms with Gasteiger partial charge in [-0.05, 0) is 116 Å². The number of aromatic nitrogens is 4. The molecule has 24 heteroatoms. The number of anilines is 3. The van der Waals surface area contributed by atoms with Crippen molar-refractivity contribution in [2.24, 2.45) is 0 Å². The van der Waals surface area contributed by atoms with E-state index < -0.39 is 66.0 Å². The van der Waals surface area contributed by atoms with E-state index in [-0.39, 0.29) is 108 Å². The van der Waals surface area contributed by atoms with Crippen LogP contribution in [0, 0.1) is 12.1 Å². The van der Waals surface area contributed by atoms with Crippen molar-refractivity contribution in [3.05, 3.63) is 188 Å². The molecule has 0 spiro atoms. The van der Waals surface area contributed by atoms with E-state index in [0.29, 0.717) is 67.2 Å². The van der Waals surface area contributed by atoms with Crippen LogP contribution in [0.5, 0.6) is 5.75 Å². The third-order valence-electron chi connectivity index (χ3n) is 15.2. The van der Waals surface area contributed by atoms with E-state index >= 15 is 0 Å². The van der Waals surface area contributed by atoms with E-state index in [1.54, 1.807) is 36.4 Å². The number of aliphatic carboxylic acids is 1. The molecule has 5 N–H and O–H groups in total. The van der Waals surface area contributed by atoms with Crippen LogP contribution in [0.15, 0.2) is 143 Å². The normalized spacial score (nSPS) is 16.7. The Labute approximate surface area is 539 Å². The number of nitrogens with two attached hydrogens (primary N) is 1. The number of rotatable bonds is 23. The van der Waals surface area contributed by atoms with Crippen molar-refractivity contribution in [2.75, 3.05) is 40.5 Å². The van der Waals surface area contributed by atoms with E-state index in [0.717, 1.165) is 51.5 Å². The van der Waals surface area contributed by atoms with Crippen LogP contribution in [0.2, 0.25) is 0 Å². The minimum Gasteiger partial charge on any atom is -0.748 e. The van der Waals surface area contributed by atoms with Crippen LogP contribution >= 0.6 is 0 Å². The number of ether oxygens (including phenoxy) is 1. The summed E-state index contributed by atoms with van der Waals surface area (Å²) in [6, 6.07) is 29.9. The molecule has 6 aromatic rings. The van der Waals surface area contributed by atoms with Crippen molar-refractivity contribution in [2.45, 2.75) is 102 Å². The van der Waals surface area contributed by atoms with Crippen LogP contribution in [-0.2, 0) is 48.8 Å². The van der Waals surface area contributed by atoms with Crippen LogP contribution in [0.25, 0.3) is 11.2 Å². The zero-order chi connectivity index (χ0) is 59.3. The van der Waals surface area contributed by atoms with E-state index in [2.05, 4.69) is 104 Å². The summed E-state index contributed by atoms with van der Waals surface area (Å²) in [5.41, 5.74) is 13.9. The van der Waals surface area contributed by atoms with Gasteiger partial charge >= 0.3 is 59.1 Å². The number of hydrogen-bond acceptors (Lipinski definition) is 17. The van der Waals surface area contributed by atoms with Gasteiger partial charge in [-0.15, -0.1) is 17.7 Å². The largest absolute Gasteiger partial charge is 1.00 e. The number of carbonyl (C=O) groups excluding carboxylic acids is 2. The number of nitrogens with zero attached hydrogens (tertiary/aromatic N) is 5. The van der Waals surface area contributed by atoms with Gasteiger partial charge in [0.2, 0.25) is 5.95 Å². The van der Waals surface area contributed by atoms with Gasteiger partial charge < -0.3 is 45.0 Å². The molecule has 0 unspecified atom stereocenters. The first kappa shape index (κ1) is 66.2. The second kappa shape index (κ2) is 28.0. The molecule has 85 heavy (non-hydrogen) atoms. The minimum absolute atomic E-state index is 0. The quantitative estimate of drug-likeness (QED) is 0.0221. The van der Waals surface area contributed by atoms with Crippen LogP contribution in [0.3, 0.4) is 0 Å². The van der Waals surface area contributed by atoms with Crippen molar-refractivity contribution < 1.29 is 109 Å².